The third-order valence-corrected chi connectivity index (χ3v) is 8.45. The van der Waals surface area contributed by atoms with Crippen molar-refractivity contribution in [2.24, 2.45) is 21.9 Å². The molecule has 0 spiro atoms. The highest BCUT2D eigenvalue weighted by molar-refractivity contribution is 5.93. The van der Waals surface area contributed by atoms with Crippen molar-refractivity contribution in [3.05, 3.63) is 35.9 Å². The molecule has 3 atom stereocenters. The molecule has 0 aromatic heterocycles. The summed E-state index contributed by atoms with van der Waals surface area (Å²) in [6.45, 7) is 13.3. The van der Waals surface area contributed by atoms with Crippen LogP contribution in [0.25, 0.3) is 0 Å². The maximum absolute atomic E-state index is 10.4. The lowest BCUT2D eigenvalue weighted by molar-refractivity contribution is 0.00796. The number of β-amino-alcohol motifs (C(OH)–C–C–N with tert-alkyl or cyclic N) is 1. The van der Waals surface area contributed by atoms with E-state index in [0.717, 1.165) is 51.5 Å². The lowest BCUT2D eigenvalue weighted by atomic mass is 9.70. The second-order valence-electron chi connectivity index (χ2n) is 10.4. The van der Waals surface area contributed by atoms with Crippen LogP contribution in [0.3, 0.4) is 0 Å². The SMILES string of the molecule is CC1(C)[C@H]2CC[C@]1(C)/C(=N\OC[C@H](O)CN1CCN(CCc3ccccc3)CC1)C2. The van der Waals surface area contributed by atoms with Gasteiger partial charge in [0, 0.05) is 44.7 Å². The average Bonchev–Trinajstić information content (AvgIpc) is 3.08. The van der Waals surface area contributed by atoms with Crippen LogP contribution < -0.4 is 0 Å². The summed E-state index contributed by atoms with van der Waals surface area (Å²) in [5.41, 5.74) is 3.09. The Bertz CT molecular complexity index is 727. The van der Waals surface area contributed by atoms with E-state index in [-0.39, 0.29) is 5.41 Å². The van der Waals surface area contributed by atoms with E-state index in [4.69, 9.17) is 4.84 Å². The molecule has 3 aliphatic rings. The second kappa shape index (κ2) is 8.97. The first-order chi connectivity index (χ1) is 14.4. The summed E-state index contributed by atoms with van der Waals surface area (Å²) in [4.78, 5) is 10.5. The standard InChI is InChI=1S/C25H39N3O2/c1-24(2)21-9-11-25(24,3)23(17-21)26-30-19-22(29)18-28-15-13-27(14-16-28)12-10-20-7-5-4-6-8-20/h4-8,21-22,29H,9-19H2,1-3H3/b26-23-/t21-,22+,25+/m0/s1. The van der Waals surface area contributed by atoms with Crippen molar-refractivity contribution >= 4 is 5.71 Å². The Morgan fingerprint density at radius 2 is 1.80 bits per heavy atom. The minimum absolute atomic E-state index is 0.165. The third-order valence-electron chi connectivity index (χ3n) is 8.45. The van der Waals surface area contributed by atoms with Gasteiger partial charge in [0.05, 0.1) is 5.71 Å². The number of aliphatic hydroxyl groups is 1. The number of piperazine rings is 1. The normalized spacial score (nSPS) is 31.3. The van der Waals surface area contributed by atoms with E-state index in [2.05, 4.69) is 66.1 Å². The highest BCUT2D eigenvalue weighted by Crippen LogP contribution is 2.63. The van der Waals surface area contributed by atoms with Crippen molar-refractivity contribution in [1.82, 2.24) is 9.80 Å². The summed E-state index contributed by atoms with van der Waals surface area (Å²) in [5.74, 6) is 0.730. The van der Waals surface area contributed by atoms with Crippen LogP contribution in [-0.4, -0.2) is 72.6 Å². The molecule has 30 heavy (non-hydrogen) atoms. The Labute approximate surface area is 182 Å². The first kappa shape index (κ1) is 21.8. The van der Waals surface area contributed by atoms with Gasteiger partial charge in [0.2, 0.25) is 0 Å². The largest absolute Gasteiger partial charge is 0.393 e. The monoisotopic (exact) mass is 413 g/mol. The van der Waals surface area contributed by atoms with E-state index in [1.165, 1.54) is 24.1 Å². The molecular weight excluding hydrogens is 374 g/mol. The van der Waals surface area contributed by atoms with Gasteiger partial charge < -0.3 is 14.8 Å². The minimum Gasteiger partial charge on any atom is -0.393 e. The Balaban J connectivity index is 1.15. The van der Waals surface area contributed by atoms with E-state index in [9.17, 15) is 5.11 Å². The maximum atomic E-state index is 10.4. The molecule has 1 saturated heterocycles. The van der Waals surface area contributed by atoms with Gasteiger partial charge in [-0.2, -0.15) is 0 Å². The fourth-order valence-corrected chi connectivity index (χ4v) is 5.75. The zero-order chi connectivity index (χ0) is 21.2. The van der Waals surface area contributed by atoms with Gasteiger partial charge in [-0.05, 0) is 42.6 Å². The highest BCUT2D eigenvalue weighted by Gasteiger charge is 2.60. The molecule has 2 aliphatic carbocycles. The van der Waals surface area contributed by atoms with Crippen LogP contribution in [0.1, 0.15) is 45.6 Å². The van der Waals surface area contributed by atoms with Gasteiger partial charge in [-0.25, -0.2) is 0 Å². The molecular formula is C25H39N3O2. The molecule has 2 bridgehead atoms. The Hall–Kier alpha value is -1.43. The predicted molar refractivity (Wildman–Crippen MR) is 122 cm³/mol. The second-order valence-corrected chi connectivity index (χ2v) is 10.4. The van der Waals surface area contributed by atoms with Crippen molar-refractivity contribution < 1.29 is 9.94 Å². The van der Waals surface area contributed by atoms with Crippen LogP contribution in [0, 0.1) is 16.7 Å². The zero-order valence-corrected chi connectivity index (χ0v) is 19.0. The van der Waals surface area contributed by atoms with Crippen LogP contribution in [-0.2, 0) is 11.3 Å². The summed E-state index contributed by atoms with van der Waals surface area (Å²) in [6, 6.07) is 10.7. The first-order valence-electron chi connectivity index (χ1n) is 11.7. The number of fused-ring (bicyclic) bond motifs is 2. The molecule has 0 radical (unpaired) electrons. The number of oxime groups is 1. The summed E-state index contributed by atoms with van der Waals surface area (Å²) >= 11 is 0. The molecule has 1 N–H and O–H groups in total. The van der Waals surface area contributed by atoms with Crippen molar-refractivity contribution in [2.45, 2.75) is 52.6 Å². The van der Waals surface area contributed by atoms with Gasteiger partial charge in [0.15, 0.2) is 0 Å². The number of aliphatic hydroxyl groups excluding tert-OH is 1. The number of nitrogens with zero attached hydrogens (tertiary/aromatic N) is 3. The highest BCUT2D eigenvalue weighted by atomic mass is 16.6. The molecule has 0 unspecified atom stereocenters. The quantitative estimate of drug-likeness (QED) is 0.664. The molecule has 4 rings (SSSR count). The molecule has 1 heterocycles. The zero-order valence-electron chi connectivity index (χ0n) is 19.0. The van der Waals surface area contributed by atoms with Crippen molar-refractivity contribution in [2.75, 3.05) is 45.9 Å². The van der Waals surface area contributed by atoms with Gasteiger partial charge in [-0.3, -0.25) is 4.90 Å². The van der Waals surface area contributed by atoms with Crippen molar-refractivity contribution in [1.29, 1.82) is 0 Å². The lowest BCUT2D eigenvalue weighted by Crippen LogP contribution is -2.49. The fourth-order valence-electron chi connectivity index (χ4n) is 5.75. The minimum atomic E-state index is -0.482. The van der Waals surface area contributed by atoms with Crippen molar-refractivity contribution in [3.63, 3.8) is 0 Å². The van der Waals surface area contributed by atoms with Crippen LogP contribution >= 0.6 is 0 Å². The molecule has 5 nitrogen and oxygen atoms in total. The van der Waals surface area contributed by atoms with Crippen molar-refractivity contribution in [3.8, 4) is 0 Å². The van der Waals surface area contributed by atoms with Crippen LogP contribution in [0.5, 0.6) is 0 Å². The Kier molecular flexibility index (Phi) is 6.52. The van der Waals surface area contributed by atoms with Gasteiger partial charge in [0.1, 0.15) is 12.7 Å². The van der Waals surface area contributed by atoms with E-state index in [1.54, 1.807) is 0 Å². The molecule has 1 aliphatic heterocycles. The maximum Gasteiger partial charge on any atom is 0.144 e. The molecule has 166 valence electrons. The molecule has 2 saturated carbocycles. The molecule has 1 aromatic carbocycles. The van der Waals surface area contributed by atoms with E-state index in [0.29, 0.717) is 18.6 Å². The number of benzene rings is 1. The van der Waals surface area contributed by atoms with Crippen LogP contribution in [0.2, 0.25) is 0 Å². The molecule has 0 amide bonds. The average molecular weight is 414 g/mol. The third kappa shape index (κ3) is 4.44. The number of rotatable bonds is 8. The van der Waals surface area contributed by atoms with E-state index >= 15 is 0 Å². The van der Waals surface area contributed by atoms with Gasteiger partial charge in [-0.1, -0.05) is 56.3 Å². The molecule has 3 fully saturated rings. The molecule has 1 aromatic rings. The smallest absolute Gasteiger partial charge is 0.144 e. The topological polar surface area (TPSA) is 48.3 Å². The predicted octanol–water partition coefficient (Wildman–Crippen LogP) is 3.43. The fraction of sp³-hybridized carbons (Fsp3) is 0.720. The summed E-state index contributed by atoms with van der Waals surface area (Å²) in [6.07, 6.45) is 4.20. The lowest BCUT2D eigenvalue weighted by Gasteiger charge is -2.35. The summed E-state index contributed by atoms with van der Waals surface area (Å²) in [5, 5.41) is 14.9. The van der Waals surface area contributed by atoms with Gasteiger partial charge in [0.25, 0.3) is 0 Å². The number of hydrogen-bond acceptors (Lipinski definition) is 5. The van der Waals surface area contributed by atoms with Gasteiger partial charge in [-0.15, -0.1) is 0 Å². The van der Waals surface area contributed by atoms with E-state index < -0.39 is 6.10 Å². The summed E-state index contributed by atoms with van der Waals surface area (Å²) in [7, 11) is 0. The first-order valence-corrected chi connectivity index (χ1v) is 11.7. The number of hydrogen-bond donors (Lipinski definition) is 1. The van der Waals surface area contributed by atoms with Crippen LogP contribution in [0.4, 0.5) is 0 Å². The Morgan fingerprint density at radius 1 is 1.10 bits per heavy atom. The summed E-state index contributed by atoms with van der Waals surface area (Å²) < 4.78 is 0. The Morgan fingerprint density at radius 3 is 2.43 bits per heavy atom. The van der Waals surface area contributed by atoms with E-state index in [1.807, 2.05) is 0 Å². The van der Waals surface area contributed by atoms with Crippen LogP contribution in [0.15, 0.2) is 35.5 Å². The molecule has 5 heteroatoms. The van der Waals surface area contributed by atoms with Gasteiger partial charge >= 0.3 is 0 Å².